The summed E-state index contributed by atoms with van der Waals surface area (Å²) in [6, 6.07) is 1.41. The van der Waals surface area contributed by atoms with E-state index in [4.69, 9.17) is 0 Å². The highest BCUT2D eigenvalue weighted by atomic mass is 15.0. The predicted molar refractivity (Wildman–Crippen MR) is 68.2 cm³/mol. The van der Waals surface area contributed by atoms with Crippen molar-refractivity contribution in [2.75, 3.05) is 0 Å². The lowest BCUT2D eigenvalue weighted by Crippen LogP contribution is -2.39. The first kappa shape index (κ1) is 13.0. The van der Waals surface area contributed by atoms with E-state index >= 15 is 0 Å². The van der Waals surface area contributed by atoms with Crippen LogP contribution in [0.25, 0.3) is 0 Å². The predicted octanol–water partition coefficient (Wildman–Crippen LogP) is 4.12. The molecule has 0 heterocycles. The molecule has 1 heteroatoms. The van der Waals surface area contributed by atoms with Gasteiger partial charge in [-0.3, -0.25) is 0 Å². The molecule has 1 N–H and O–H groups in total. The minimum atomic E-state index is 0.623. The summed E-state index contributed by atoms with van der Waals surface area (Å²) in [4.78, 5) is 0. The van der Waals surface area contributed by atoms with Gasteiger partial charge in [-0.25, -0.2) is 0 Å². The molecule has 15 heavy (non-hydrogen) atoms. The summed E-state index contributed by atoms with van der Waals surface area (Å²) in [5, 5.41) is 3.76. The van der Waals surface area contributed by atoms with Crippen LogP contribution in [-0.2, 0) is 0 Å². The SMILES string of the molecule is CCCCCCC(C)NC(C)C1(C)CC1. The number of nitrogens with one attached hydrogen (secondary N) is 1. The van der Waals surface area contributed by atoms with Crippen molar-refractivity contribution in [3.63, 3.8) is 0 Å². The van der Waals surface area contributed by atoms with Crippen molar-refractivity contribution in [1.82, 2.24) is 5.32 Å². The molecule has 0 aromatic carbocycles. The maximum absolute atomic E-state index is 3.76. The first-order valence-electron chi connectivity index (χ1n) is 6.84. The van der Waals surface area contributed by atoms with Crippen molar-refractivity contribution in [2.45, 2.75) is 84.7 Å². The van der Waals surface area contributed by atoms with Gasteiger partial charge in [0.15, 0.2) is 0 Å². The highest BCUT2D eigenvalue weighted by molar-refractivity contribution is 4.97. The van der Waals surface area contributed by atoms with Gasteiger partial charge in [-0.2, -0.15) is 0 Å². The van der Waals surface area contributed by atoms with Crippen molar-refractivity contribution < 1.29 is 0 Å². The van der Waals surface area contributed by atoms with E-state index in [1.165, 1.54) is 44.9 Å². The molecule has 1 fully saturated rings. The Hall–Kier alpha value is -0.0400. The molecule has 1 saturated carbocycles. The van der Waals surface area contributed by atoms with E-state index in [0.29, 0.717) is 17.5 Å². The molecule has 90 valence electrons. The average molecular weight is 211 g/mol. The molecule has 0 amide bonds. The van der Waals surface area contributed by atoms with E-state index in [1.807, 2.05) is 0 Å². The number of hydrogen-bond acceptors (Lipinski definition) is 1. The van der Waals surface area contributed by atoms with Crippen molar-refractivity contribution in [3.05, 3.63) is 0 Å². The Morgan fingerprint density at radius 2 is 1.80 bits per heavy atom. The quantitative estimate of drug-likeness (QED) is 0.595. The van der Waals surface area contributed by atoms with E-state index < -0.39 is 0 Å². The maximum Gasteiger partial charge on any atom is 0.00950 e. The Kier molecular flexibility index (Phi) is 5.11. The summed E-state index contributed by atoms with van der Waals surface area (Å²) in [6.07, 6.45) is 9.74. The molecule has 2 unspecified atom stereocenters. The fourth-order valence-corrected chi connectivity index (χ4v) is 2.22. The first-order valence-corrected chi connectivity index (χ1v) is 6.84. The third kappa shape index (κ3) is 4.55. The van der Waals surface area contributed by atoms with Crippen LogP contribution in [0.2, 0.25) is 0 Å². The van der Waals surface area contributed by atoms with E-state index in [1.54, 1.807) is 0 Å². The van der Waals surface area contributed by atoms with E-state index in [2.05, 4.69) is 33.0 Å². The standard InChI is InChI=1S/C14H29N/c1-5-6-7-8-9-12(2)15-13(3)14(4)10-11-14/h12-13,15H,5-11H2,1-4H3. The molecule has 0 radical (unpaired) electrons. The molecule has 0 spiro atoms. The summed E-state index contributed by atoms with van der Waals surface area (Å²) in [5.74, 6) is 0. The highest BCUT2D eigenvalue weighted by Gasteiger charge is 2.42. The Morgan fingerprint density at radius 3 is 2.33 bits per heavy atom. The lowest BCUT2D eigenvalue weighted by Gasteiger charge is -2.25. The van der Waals surface area contributed by atoms with Crippen LogP contribution in [0.1, 0.15) is 72.6 Å². The minimum Gasteiger partial charge on any atom is -0.311 e. The third-order valence-corrected chi connectivity index (χ3v) is 4.11. The highest BCUT2D eigenvalue weighted by Crippen LogP contribution is 2.48. The second-order valence-corrected chi connectivity index (χ2v) is 5.79. The largest absolute Gasteiger partial charge is 0.311 e. The van der Waals surface area contributed by atoms with Gasteiger partial charge >= 0.3 is 0 Å². The summed E-state index contributed by atoms with van der Waals surface area (Å²) in [7, 11) is 0. The molecule has 1 aliphatic rings. The van der Waals surface area contributed by atoms with Gasteiger partial charge in [0, 0.05) is 12.1 Å². The van der Waals surface area contributed by atoms with Gasteiger partial charge in [0.05, 0.1) is 0 Å². The van der Waals surface area contributed by atoms with E-state index in [0.717, 1.165) is 0 Å². The minimum absolute atomic E-state index is 0.623. The van der Waals surface area contributed by atoms with Crippen LogP contribution in [0.3, 0.4) is 0 Å². The fourth-order valence-electron chi connectivity index (χ4n) is 2.22. The smallest absolute Gasteiger partial charge is 0.00950 e. The molecule has 0 aromatic rings. The molecule has 2 atom stereocenters. The first-order chi connectivity index (χ1) is 7.08. The van der Waals surface area contributed by atoms with Gasteiger partial charge in [0.1, 0.15) is 0 Å². The van der Waals surface area contributed by atoms with Crippen molar-refractivity contribution >= 4 is 0 Å². The summed E-state index contributed by atoms with van der Waals surface area (Å²) >= 11 is 0. The van der Waals surface area contributed by atoms with Gasteiger partial charge in [-0.1, -0.05) is 39.5 Å². The van der Waals surface area contributed by atoms with Crippen LogP contribution >= 0.6 is 0 Å². The number of unbranched alkanes of at least 4 members (excludes halogenated alkanes) is 3. The maximum atomic E-state index is 3.76. The Labute approximate surface area is 96.0 Å². The van der Waals surface area contributed by atoms with Crippen molar-refractivity contribution in [1.29, 1.82) is 0 Å². The molecular formula is C14H29N. The summed E-state index contributed by atoms with van der Waals surface area (Å²) in [6.45, 7) is 9.38. The number of rotatable bonds is 8. The second-order valence-electron chi connectivity index (χ2n) is 5.79. The molecule has 1 aliphatic carbocycles. The zero-order valence-corrected chi connectivity index (χ0v) is 11.1. The van der Waals surface area contributed by atoms with Gasteiger partial charge in [-0.05, 0) is 38.5 Å². The molecule has 1 rings (SSSR count). The fraction of sp³-hybridized carbons (Fsp3) is 1.00. The Morgan fingerprint density at radius 1 is 1.13 bits per heavy atom. The molecular weight excluding hydrogens is 182 g/mol. The normalized spacial score (nSPS) is 22.4. The van der Waals surface area contributed by atoms with E-state index in [-0.39, 0.29) is 0 Å². The zero-order valence-electron chi connectivity index (χ0n) is 11.1. The van der Waals surface area contributed by atoms with Crippen LogP contribution in [0.5, 0.6) is 0 Å². The van der Waals surface area contributed by atoms with E-state index in [9.17, 15) is 0 Å². The van der Waals surface area contributed by atoms with Crippen molar-refractivity contribution in [3.8, 4) is 0 Å². The van der Waals surface area contributed by atoms with Gasteiger partial charge < -0.3 is 5.32 Å². The average Bonchev–Trinajstić information content (AvgIpc) is 2.93. The zero-order chi connectivity index (χ0) is 11.3. The van der Waals surface area contributed by atoms with Gasteiger partial charge in [0.2, 0.25) is 0 Å². The molecule has 0 aliphatic heterocycles. The molecule has 0 bridgehead atoms. The lowest BCUT2D eigenvalue weighted by atomic mass is 9.99. The van der Waals surface area contributed by atoms with Crippen LogP contribution in [0.4, 0.5) is 0 Å². The van der Waals surface area contributed by atoms with Crippen LogP contribution in [0.15, 0.2) is 0 Å². The second kappa shape index (κ2) is 5.89. The van der Waals surface area contributed by atoms with Gasteiger partial charge in [-0.15, -0.1) is 0 Å². The lowest BCUT2D eigenvalue weighted by molar-refractivity contribution is 0.334. The topological polar surface area (TPSA) is 12.0 Å². The summed E-state index contributed by atoms with van der Waals surface area (Å²) in [5.41, 5.74) is 0.623. The molecule has 0 aromatic heterocycles. The summed E-state index contributed by atoms with van der Waals surface area (Å²) < 4.78 is 0. The van der Waals surface area contributed by atoms with Crippen LogP contribution < -0.4 is 5.32 Å². The Bertz CT molecular complexity index is 172. The van der Waals surface area contributed by atoms with Crippen molar-refractivity contribution in [2.24, 2.45) is 5.41 Å². The van der Waals surface area contributed by atoms with Gasteiger partial charge in [0.25, 0.3) is 0 Å². The monoisotopic (exact) mass is 211 g/mol. The molecule has 0 saturated heterocycles. The third-order valence-electron chi connectivity index (χ3n) is 4.11. The number of hydrogen-bond donors (Lipinski definition) is 1. The van der Waals surface area contributed by atoms with Crippen LogP contribution in [-0.4, -0.2) is 12.1 Å². The van der Waals surface area contributed by atoms with Crippen LogP contribution in [0, 0.1) is 5.41 Å². The Balaban J connectivity index is 2.04. The molecule has 1 nitrogen and oxygen atoms in total.